The van der Waals surface area contributed by atoms with Crippen molar-refractivity contribution >= 4 is 17.4 Å². The van der Waals surface area contributed by atoms with Gasteiger partial charge < -0.3 is 19.2 Å². The van der Waals surface area contributed by atoms with Crippen LogP contribution >= 0.6 is 0 Å². The van der Waals surface area contributed by atoms with Crippen LogP contribution in [0.3, 0.4) is 0 Å². The van der Waals surface area contributed by atoms with Gasteiger partial charge in [-0.05, 0) is 66.9 Å². The normalized spacial score (nSPS) is 21.3. The number of Topliss-reactive ketones (excluding diaryl/α,β-unsaturated/α-hetero) is 1. The largest absolute Gasteiger partial charge is 0.507 e. The third-order valence-electron chi connectivity index (χ3n) is 6.08. The van der Waals surface area contributed by atoms with Crippen LogP contribution in [0.5, 0.6) is 5.75 Å². The van der Waals surface area contributed by atoms with Crippen molar-refractivity contribution in [1.82, 2.24) is 4.90 Å². The molecule has 1 fully saturated rings. The molecule has 2 atom stereocenters. The second-order valence-corrected chi connectivity index (χ2v) is 8.34. The number of amides is 1. The summed E-state index contributed by atoms with van der Waals surface area (Å²) in [6.07, 6.45) is 2.62. The zero-order chi connectivity index (χ0) is 23.1. The Morgan fingerprint density at radius 3 is 2.67 bits per heavy atom. The number of ketones is 1. The van der Waals surface area contributed by atoms with Crippen molar-refractivity contribution in [2.75, 3.05) is 6.54 Å². The summed E-state index contributed by atoms with van der Waals surface area (Å²) in [7, 11) is 0. The molecule has 2 aliphatic rings. The van der Waals surface area contributed by atoms with Crippen molar-refractivity contribution in [3.63, 3.8) is 0 Å². The fourth-order valence-electron chi connectivity index (χ4n) is 4.48. The molecule has 0 bridgehead atoms. The number of hydrogen-bond acceptors (Lipinski definition) is 5. The van der Waals surface area contributed by atoms with Crippen molar-refractivity contribution in [2.45, 2.75) is 31.9 Å². The van der Waals surface area contributed by atoms with E-state index in [9.17, 15) is 19.1 Å². The summed E-state index contributed by atoms with van der Waals surface area (Å²) < 4.78 is 24.5. The van der Waals surface area contributed by atoms with E-state index >= 15 is 0 Å². The zero-order valence-electron chi connectivity index (χ0n) is 18.0. The topological polar surface area (TPSA) is 80.0 Å². The quantitative estimate of drug-likeness (QED) is 0.356. The molecule has 33 heavy (non-hydrogen) atoms. The van der Waals surface area contributed by atoms with Crippen LogP contribution in [-0.2, 0) is 22.4 Å². The molecule has 5 rings (SSSR count). The number of fused-ring (bicyclic) bond motifs is 1. The second kappa shape index (κ2) is 8.24. The van der Waals surface area contributed by atoms with E-state index in [4.69, 9.17) is 9.15 Å². The van der Waals surface area contributed by atoms with Crippen LogP contribution in [0.1, 0.15) is 35.4 Å². The molecular weight excluding hydrogens is 425 g/mol. The van der Waals surface area contributed by atoms with Gasteiger partial charge in [-0.25, -0.2) is 4.39 Å². The summed E-state index contributed by atoms with van der Waals surface area (Å²) >= 11 is 0. The van der Waals surface area contributed by atoms with Gasteiger partial charge in [-0.15, -0.1) is 0 Å². The highest BCUT2D eigenvalue weighted by atomic mass is 19.1. The summed E-state index contributed by atoms with van der Waals surface area (Å²) in [5, 5.41) is 11.2. The van der Waals surface area contributed by atoms with E-state index in [0.717, 1.165) is 16.9 Å². The summed E-state index contributed by atoms with van der Waals surface area (Å²) in [5.41, 5.74) is 2.19. The van der Waals surface area contributed by atoms with Crippen molar-refractivity contribution in [3.05, 3.63) is 94.7 Å². The Morgan fingerprint density at radius 1 is 1.15 bits per heavy atom. The van der Waals surface area contributed by atoms with Crippen LogP contribution in [0.2, 0.25) is 0 Å². The molecule has 1 N–H and O–H groups in total. The number of halogens is 1. The van der Waals surface area contributed by atoms with Gasteiger partial charge in [-0.2, -0.15) is 0 Å². The maximum absolute atomic E-state index is 13.2. The van der Waals surface area contributed by atoms with Gasteiger partial charge in [0.15, 0.2) is 0 Å². The Bertz CT molecular complexity index is 1250. The molecule has 6 nitrogen and oxygen atoms in total. The van der Waals surface area contributed by atoms with Crippen LogP contribution in [0.15, 0.2) is 70.9 Å². The molecule has 3 aromatic rings. The van der Waals surface area contributed by atoms with Crippen molar-refractivity contribution in [1.29, 1.82) is 0 Å². The number of hydrogen-bond donors (Lipinski definition) is 1. The molecule has 0 radical (unpaired) electrons. The van der Waals surface area contributed by atoms with Crippen molar-refractivity contribution < 1.29 is 28.2 Å². The molecule has 2 unspecified atom stereocenters. The van der Waals surface area contributed by atoms with Gasteiger partial charge in [0.25, 0.3) is 11.7 Å². The third kappa shape index (κ3) is 3.80. The molecule has 2 aliphatic heterocycles. The molecule has 3 heterocycles. The summed E-state index contributed by atoms with van der Waals surface area (Å²) in [6, 6.07) is 13.7. The minimum Gasteiger partial charge on any atom is -0.507 e. The van der Waals surface area contributed by atoms with Crippen LogP contribution in [0.4, 0.5) is 4.39 Å². The Balaban J connectivity index is 1.52. The van der Waals surface area contributed by atoms with E-state index in [2.05, 4.69) is 0 Å². The molecule has 2 aromatic carbocycles. The van der Waals surface area contributed by atoms with Crippen molar-refractivity contribution in [2.24, 2.45) is 0 Å². The molecule has 1 aromatic heterocycles. The van der Waals surface area contributed by atoms with Gasteiger partial charge in [-0.3, -0.25) is 9.59 Å². The Morgan fingerprint density at radius 2 is 1.94 bits per heavy atom. The highest BCUT2D eigenvalue weighted by Gasteiger charge is 2.47. The Kier molecular flexibility index (Phi) is 5.24. The standard InChI is InChI=1S/C26H22FNO5/c1-15-13-18-14-17(6-9-20(18)33-15)24(29)22-23(21-3-2-12-32-21)28(26(31)25(22)30)11-10-16-4-7-19(27)8-5-16/h2-9,12,14-15,23,29H,10-11,13H2,1H3/b24-22-. The lowest BCUT2D eigenvalue weighted by Crippen LogP contribution is -2.31. The lowest BCUT2D eigenvalue weighted by Gasteiger charge is -2.23. The lowest BCUT2D eigenvalue weighted by atomic mass is 9.97. The van der Waals surface area contributed by atoms with E-state index in [-0.39, 0.29) is 29.8 Å². The molecule has 1 amide bonds. The number of ether oxygens (including phenoxy) is 1. The minimum atomic E-state index is -0.858. The van der Waals surface area contributed by atoms with Crippen LogP contribution in [-0.4, -0.2) is 34.3 Å². The average Bonchev–Trinajstić information content (AvgIpc) is 3.51. The fraction of sp³-hybridized carbons (Fsp3) is 0.231. The number of aliphatic hydroxyl groups is 1. The average molecular weight is 447 g/mol. The highest BCUT2D eigenvalue weighted by molar-refractivity contribution is 6.46. The lowest BCUT2D eigenvalue weighted by molar-refractivity contribution is -0.140. The molecule has 0 saturated carbocycles. The van der Waals surface area contributed by atoms with E-state index in [1.54, 1.807) is 42.5 Å². The second-order valence-electron chi connectivity index (χ2n) is 8.34. The number of carbonyl (C=O) groups is 2. The van der Waals surface area contributed by atoms with Crippen molar-refractivity contribution in [3.8, 4) is 5.75 Å². The van der Waals surface area contributed by atoms with Gasteiger partial charge in [0.05, 0.1) is 11.8 Å². The van der Waals surface area contributed by atoms with Gasteiger partial charge in [0.1, 0.15) is 35.2 Å². The number of carbonyl (C=O) groups excluding carboxylic acids is 2. The van der Waals surface area contributed by atoms with E-state index in [1.807, 2.05) is 6.92 Å². The molecule has 1 saturated heterocycles. The smallest absolute Gasteiger partial charge is 0.295 e. The van der Waals surface area contributed by atoms with Crippen LogP contribution < -0.4 is 4.74 Å². The number of likely N-dealkylation sites (tertiary alicyclic amines) is 1. The van der Waals surface area contributed by atoms with Gasteiger partial charge in [0, 0.05) is 18.5 Å². The summed E-state index contributed by atoms with van der Waals surface area (Å²) in [4.78, 5) is 27.4. The molecule has 0 aliphatic carbocycles. The first-order valence-corrected chi connectivity index (χ1v) is 10.8. The highest BCUT2D eigenvalue weighted by Crippen LogP contribution is 2.40. The number of nitrogens with zero attached hydrogens (tertiary/aromatic N) is 1. The zero-order valence-corrected chi connectivity index (χ0v) is 18.0. The molecule has 168 valence electrons. The van der Waals surface area contributed by atoms with E-state index in [0.29, 0.717) is 24.2 Å². The van der Waals surface area contributed by atoms with Crippen LogP contribution in [0.25, 0.3) is 5.76 Å². The van der Waals surface area contributed by atoms with Crippen LogP contribution in [0, 0.1) is 5.82 Å². The van der Waals surface area contributed by atoms with Gasteiger partial charge in [0.2, 0.25) is 0 Å². The summed E-state index contributed by atoms with van der Waals surface area (Å²) in [6.45, 7) is 2.16. The molecule has 7 heteroatoms. The molecular formula is C26H22FNO5. The number of furan rings is 1. The monoisotopic (exact) mass is 447 g/mol. The first kappa shape index (κ1) is 21.0. The predicted molar refractivity (Wildman–Crippen MR) is 118 cm³/mol. The molecule has 0 spiro atoms. The maximum Gasteiger partial charge on any atom is 0.295 e. The first-order valence-electron chi connectivity index (χ1n) is 10.8. The maximum atomic E-state index is 13.2. The van der Waals surface area contributed by atoms with Gasteiger partial charge >= 0.3 is 0 Å². The van der Waals surface area contributed by atoms with E-state index in [1.165, 1.54) is 23.3 Å². The van der Waals surface area contributed by atoms with Gasteiger partial charge in [-0.1, -0.05) is 12.1 Å². The SMILES string of the molecule is CC1Cc2cc(/C(O)=C3/C(=O)C(=O)N(CCc4ccc(F)cc4)C3c3ccco3)ccc2O1. The number of benzene rings is 2. The Hall–Kier alpha value is -3.87. The minimum absolute atomic E-state index is 0.0130. The number of aliphatic hydroxyl groups excluding tert-OH is 1. The predicted octanol–water partition coefficient (Wildman–Crippen LogP) is 4.41. The third-order valence-corrected chi connectivity index (χ3v) is 6.08. The fourth-order valence-corrected chi connectivity index (χ4v) is 4.48. The number of rotatable bonds is 5. The first-order chi connectivity index (χ1) is 15.9. The van der Waals surface area contributed by atoms with E-state index < -0.39 is 17.7 Å². The summed E-state index contributed by atoms with van der Waals surface area (Å²) in [5.74, 6) is -0.934. The Labute approximate surface area is 189 Å².